The number of nitriles is 1. The van der Waals surface area contributed by atoms with Crippen molar-refractivity contribution in [3.8, 4) is 17.7 Å². The number of aromatic nitrogens is 1. The van der Waals surface area contributed by atoms with Crippen LogP contribution in [-0.4, -0.2) is 22.1 Å². The summed E-state index contributed by atoms with van der Waals surface area (Å²) in [6, 6.07) is 11.4. The van der Waals surface area contributed by atoms with Crippen LogP contribution in [0.4, 0.5) is 0 Å². The van der Waals surface area contributed by atoms with Gasteiger partial charge in [-0.05, 0) is 42.7 Å². The van der Waals surface area contributed by atoms with Crippen molar-refractivity contribution in [3.05, 3.63) is 89.6 Å². The van der Waals surface area contributed by atoms with E-state index in [4.69, 9.17) is 39.5 Å². The molecule has 9 heteroatoms. The standard InChI is InChI=1S/C26H23Cl3N2O4/c1-3-4-7-10-35-24-20(28)11-17(12-21(24)29)23(32)22-15(2)18(13-30)25(33)31(26(22)34)14-16-8-5-6-9-19(16)27/h5-6,8-9,11-12,34H,3-4,7,10,14H2,1-2H3. The number of aromatic hydroxyl groups is 1. The third-order valence-corrected chi connectivity index (χ3v) is 6.50. The highest BCUT2D eigenvalue weighted by atomic mass is 35.5. The second-order valence-corrected chi connectivity index (χ2v) is 9.17. The number of hydrogen-bond acceptors (Lipinski definition) is 5. The summed E-state index contributed by atoms with van der Waals surface area (Å²) in [5.41, 5.74) is -0.517. The molecule has 0 spiro atoms. The van der Waals surface area contributed by atoms with Gasteiger partial charge < -0.3 is 9.84 Å². The summed E-state index contributed by atoms with van der Waals surface area (Å²) in [5.74, 6) is -0.961. The Balaban J connectivity index is 2.08. The lowest BCUT2D eigenvalue weighted by Crippen LogP contribution is -2.27. The summed E-state index contributed by atoms with van der Waals surface area (Å²) in [6.45, 7) is 3.80. The van der Waals surface area contributed by atoms with Crippen molar-refractivity contribution in [1.82, 2.24) is 4.57 Å². The van der Waals surface area contributed by atoms with E-state index in [9.17, 15) is 20.0 Å². The number of carbonyl (C=O) groups is 1. The number of rotatable bonds is 9. The Morgan fingerprint density at radius 1 is 1.11 bits per heavy atom. The van der Waals surface area contributed by atoms with Crippen molar-refractivity contribution in [2.45, 2.75) is 39.7 Å². The van der Waals surface area contributed by atoms with Gasteiger partial charge in [-0.25, -0.2) is 0 Å². The number of halogens is 3. The van der Waals surface area contributed by atoms with E-state index in [-0.39, 0.29) is 44.6 Å². The molecule has 0 saturated carbocycles. The molecule has 0 aliphatic heterocycles. The molecule has 0 amide bonds. The average Bonchev–Trinajstić information content (AvgIpc) is 2.82. The number of hydrogen-bond donors (Lipinski definition) is 1. The number of ketones is 1. The van der Waals surface area contributed by atoms with Crippen LogP contribution in [0.15, 0.2) is 41.2 Å². The van der Waals surface area contributed by atoms with Gasteiger partial charge in [0.2, 0.25) is 5.88 Å². The molecule has 0 atom stereocenters. The second kappa shape index (κ2) is 11.6. The zero-order valence-electron chi connectivity index (χ0n) is 19.2. The fraction of sp³-hybridized carbons (Fsp3) is 0.269. The van der Waals surface area contributed by atoms with Gasteiger partial charge in [0.25, 0.3) is 5.56 Å². The maximum atomic E-state index is 13.5. The smallest absolute Gasteiger partial charge is 0.271 e. The SMILES string of the molecule is CCCCCOc1c(Cl)cc(C(=O)c2c(C)c(C#N)c(=O)n(Cc3ccccc3Cl)c2O)cc1Cl. The topological polar surface area (TPSA) is 92.3 Å². The van der Waals surface area contributed by atoms with Gasteiger partial charge in [-0.15, -0.1) is 0 Å². The largest absolute Gasteiger partial charge is 0.494 e. The molecule has 3 rings (SSSR count). The van der Waals surface area contributed by atoms with E-state index in [0.29, 0.717) is 17.2 Å². The maximum Gasteiger partial charge on any atom is 0.271 e. The zero-order chi connectivity index (χ0) is 25.7. The molecule has 1 N–H and O–H groups in total. The third-order valence-electron chi connectivity index (χ3n) is 5.57. The van der Waals surface area contributed by atoms with Crippen LogP contribution in [0.25, 0.3) is 0 Å². The van der Waals surface area contributed by atoms with Gasteiger partial charge in [0.1, 0.15) is 11.6 Å². The Morgan fingerprint density at radius 2 is 1.77 bits per heavy atom. The third kappa shape index (κ3) is 5.65. The predicted molar refractivity (Wildman–Crippen MR) is 137 cm³/mol. The molecule has 0 unspecified atom stereocenters. The fourth-order valence-electron chi connectivity index (χ4n) is 3.67. The van der Waals surface area contributed by atoms with Gasteiger partial charge in [-0.3, -0.25) is 14.2 Å². The molecule has 6 nitrogen and oxygen atoms in total. The molecule has 0 radical (unpaired) electrons. The quantitative estimate of drug-likeness (QED) is 0.249. The first-order valence-corrected chi connectivity index (χ1v) is 12.1. The van der Waals surface area contributed by atoms with Gasteiger partial charge in [0, 0.05) is 10.6 Å². The number of benzene rings is 2. The number of carbonyl (C=O) groups excluding carboxylic acids is 1. The summed E-state index contributed by atoms with van der Waals surface area (Å²) in [6.07, 6.45) is 2.86. The number of nitrogens with zero attached hydrogens (tertiary/aromatic N) is 2. The molecule has 0 bridgehead atoms. The molecular weight excluding hydrogens is 511 g/mol. The first-order chi connectivity index (χ1) is 16.7. The zero-order valence-corrected chi connectivity index (χ0v) is 21.5. The lowest BCUT2D eigenvalue weighted by Gasteiger charge is -2.17. The lowest BCUT2D eigenvalue weighted by molar-refractivity contribution is 0.103. The first-order valence-electron chi connectivity index (χ1n) is 11.0. The van der Waals surface area contributed by atoms with Crippen molar-refractivity contribution in [2.75, 3.05) is 6.61 Å². The van der Waals surface area contributed by atoms with Crippen LogP contribution >= 0.6 is 34.8 Å². The predicted octanol–water partition coefficient (Wildman–Crippen LogP) is 6.54. The van der Waals surface area contributed by atoms with Crippen molar-refractivity contribution < 1.29 is 14.6 Å². The molecular formula is C26H23Cl3N2O4. The van der Waals surface area contributed by atoms with E-state index in [1.807, 2.05) is 6.07 Å². The average molecular weight is 534 g/mol. The highest BCUT2D eigenvalue weighted by Crippen LogP contribution is 2.36. The van der Waals surface area contributed by atoms with Gasteiger partial charge in [0.15, 0.2) is 11.5 Å². The van der Waals surface area contributed by atoms with Crippen molar-refractivity contribution in [3.63, 3.8) is 0 Å². The summed E-state index contributed by atoms with van der Waals surface area (Å²) in [4.78, 5) is 26.4. The molecule has 2 aromatic carbocycles. The van der Waals surface area contributed by atoms with Crippen LogP contribution in [0.1, 0.15) is 58.8 Å². The molecule has 0 fully saturated rings. The van der Waals surface area contributed by atoms with Crippen LogP contribution in [0.3, 0.4) is 0 Å². The van der Waals surface area contributed by atoms with Crippen molar-refractivity contribution >= 4 is 40.6 Å². The number of pyridine rings is 1. The number of unbranched alkanes of at least 4 members (excludes halogenated alkanes) is 2. The second-order valence-electron chi connectivity index (χ2n) is 7.95. The summed E-state index contributed by atoms with van der Waals surface area (Å²) in [5, 5.41) is 21.3. The van der Waals surface area contributed by atoms with E-state index in [1.54, 1.807) is 24.3 Å². The van der Waals surface area contributed by atoms with Crippen LogP contribution < -0.4 is 10.3 Å². The Morgan fingerprint density at radius 3 is 2.37 bits per heavy atom. The molecule has 1 heterocycles. The minimum atomic E-state index is -0.731. The highest BCUT2D eigenvalue weighted by molar-refractivity contribution is 6.38. The van der Waals surface area contributed by atoms with E-state index in [1.165, 1.54) is 19.1 Å². The van der Waals surface area contributed by atoms with E-state index in [2.05, 4.69) is 6.92 Å². The first kappa shape index (κ1) is 26.6. The van der Waals surface area contributed by atoms with Crippen LogP contribution in [0, 0.1) is 18.3 Å². The molecule has 0 aliphatic rings. The lowest BCUT2D eigenvalue weighted by atomic mass is 9.97. The van der Waals surface area contributed by atoms with E-state index >= 15 is 0 Å². The summed E-state index contributed by atoms with van der Waals surface area (Å²) < 4.78 is 6.63. The molecule has 182 valence electrons. The normalized spacial score (nSPS) is 10.7. The van der Waals surface area contributed by atoms with Gasteiger partial charge in [-0.2, -0.15) is 5.26 Å². The van der Waals surface area contributed by atoms with Crippen molar-refractivity contribution in [1.29, 1.82) is 5.26 Å². The minimum Gasteiger partial charge on any atom is -0.494 e. The Kier molecular flexibility index (Phi) is 8.85. The molecule has 0 saturated heterocycles. The van der Waals surface area contributed by atoms with Crippen LogP contribution in [-0.2, 0) is 6.54 Å². The van der Waals surface area contributed by atoms with Crippen LogP contribution in [0.2, 0.25) is 15.1 Å². The van der Waals surface area contributed by atoms with E-state index < -0.39 is 17.2 Å². The highest BCUT2D eigenvalue weighted by Gasteiger charge is 2.26. The summed E-state index contributed by atoms with van der Waals surface area (Å²) >= 11 is 18.9. The number of ether oxygens (including phenoxy) is 1. The van der Waals surface area contributed by atoms with Gasteiger partial charge >= 0.3 is 0 Å². The van der Waals surface area contributed by atoms with Crippen LogP contribution in [0.5, 0.6) is 11.6 Å². The molecule has 35 heavy (non-hydrogen) atoms. The van der Waals surface area contributed by atoms with E-state index in [0.717, 1.165) is 23.8 Å². The van der Waals surface area contributed by atoms with Gasteiger partial charge in [-0.1, -0.05) is 72.8 Å². The van der Waals surface area contributed by atoms with Gasteiger partial charge in [0.05, 0.1) is 28.8 Å². The maximum absolute atomic E-state index is 13.5. The minimum absolute atomic E-state index is 0.0579. The Hall–Kier alpha value is -2.98. The molecule has 0 aliphatic carbocycles. The molecule has 1 aromatic heterocycles. The van der Waals surface area contributed by atoms with Crippen molar-refractivity contribution in [2.24, 2.45) is 0 Å². The Bertz CT molecular complexity index is 1350. The summed E-state index contributed by atoms with van der Waals surface area (Å²) in [7, 11) is 0. The molecule has 3 aromatic rings. The fourth-order valence-corrected chi connectivity index (χ4v) is 4.46. The monoisotopic (exact) mass is 532 g/mol. The Labute approximate surface area is 218 Å².